The average molecular weight is 325 g/mol. The van der Waals surface area contributed by atoms with Gasteiger partial charge in [0.15, 0.2) is 0 Å². The summed E-state index contributed by atoms with van der Waals surface area (Å²) in [6, 6.07) is 7.59. The second-order valence-electron chi connectivity index (χ2n) is 4.67. The standard InChI is InChI=1S/C14H17BrN2O2/c15-12-5-3-11(4-6-12)9-13(18)16-10-14(19)17-7-1-2-8-17/h3-6H,1-2,7-10H2,(H,16,18). The van der Waals surface area contributed by atoms with E-state index in [-0.39, 0.29) is 18.4 Å². The maximum absolute atomic E-state index is 11.8. The molecule has 1 aromatic carbocycles. The van der Waals surface area contributed by atoms with Crippen LogP contribution in [0.25, 0.3) is 0 Å². The molecule has 1 heterocycles. The first kappa shape index (κ1) is 14.1. The highest BCUT2D eigenvalue weighted by Crippen LogP contribution is 2.11. The summed E-state index contributed by atoms with van der Waals surface area (Å²) in [7, 11) is 0. The fourth-order valence-electron chi connectivity index (χ4n) is 2.10. The van der Waals surface area contributed by atoms with Crippen molar-refractivity contribution in [3.8, 4) is 0 Å². The monoisotopic (exact) mass is 324 g/mol. The van der Waals surface area contributed by atoms with E-state index in [0.717, 1.165) is 36.0 Å². The fourth-order valence-corrected chi connectivity index (χ4v) is 2.37. The molecule has 0 saturated carbocycles. The Morgan fingerprint density at radius 2 is 1.79 bits per heavy atom. The largest absolute Gasteiger partial charge is 0.347 e. The number of nitrogens with zero attached hydrogens (tertiary/aromatic N) is 1. The van der Waals surface area contributed by atoms with E-state index in [0.29, 0.717) is 6.42 Å². The molecule has 5 heteroatoms. The van der Waals surface area contributed by atoms with Crippen LogP contribution in [0.3, 0.4) is 0 Å². The number of amides is 2. The van der Waals surface area contributed by atoms with Crippen molar-refractivity contribution in [1.82, 2.24) is 10.2 Å². The Labute approximate surface area is 121 Å². The van der Waals surface area contributed by atoms with Crippen molar-refractivity contribution in [3.05, 3.63) is 34.3 Å². The van der Waals surface area contributed by atoms with E-state index in [9.17, 15) is 9.59 Å². The SMILES string of the molecule is O=C(Cc1ccc(Br)cc1)NCC(=O)N1CCCC1. The molecule has 0 aromatic heterocycles. The molecule has 0 bridgehead atoms. The molecule has 2 amide bonds. The number of hydrogen-bond acceptors (Lipinski definition) is 2. The van der Waals surface area contributed by atoms with Crippen molar-refractivity contribution in [1.29, 1.82) is 0 Å². The first-order chi connectivity index (χ1) is 9.15. The summed E-state index contributed by atoms with van der Waals surface area (Å²) in [5.74, 6) is -0.100. The lowest BCUT2D eigenvalue weighted by Crippen LogP contribution is -2.39. The van der Waals surface area contributed by atoms with Gasteiger partial charge in [-0.3, -0.25) is 9.59 Å². The summed E-state index contributed by atoms with van der Waals surface area (Å²) >= 11 is 3.35. The van der Waals surface area contributed by atoms with Crippen molar-refractivity contribution < 1.29 is 9.59 Å². The van der Waals surface area contributed by atoms with Gasteiger partial charge >= 0.3 is 0 Å². The molecule has 19 heavy (non-hydrogen) atoms. The topological polar surface area (TPSA) is 49.4 Å². The minimum Gasteiger partial charge on any atom is -0.347 e. The van der Waals surface area contributed by atoms with Gasteiger partial charge in [-0.05, 0) is 30.5 Å². The third kappa shape index (κ3) is 4.35. The van der Waals surface area contributed by atoms with Gasteiger partial charge in [-0.25, -0.2) is 0 Å². The van der Waals surface area contributed by atoms with Crippen LogP contribution in [-0.2, 0) is 16.0 Å². The van der Waals surface area contributed by atoms with Gasteiger partial charge in [0.2, 0.25) is 11.8 Å². The third-order valence-corrected chi connectivity index (χ3v) is 3.70. The van der Waals surface area contributed by atoms with Crippen LogP contribution in [0.5, 0.6) is 0 Å². The second kappa shape index (κ2) is 6.70. The molecule has 0 aliphatic carbocycles. The van der Waals surface area contributed by atoms with Crippen molar-refractivity contribution in [2.24, 2.45) is 0 Å². The van der Waals surface area contributed by atoms with E-state index in [1.54, 1.807) is 4.90 Å². The van der Waals surface area contributed by atoms with Crippen LogP contribution in [-0.4, -0.2) is 36.3 Å². The molecule has 0 radical (unpaired) electrons. The van der Waals surface area contributed by atoms with Gasteiger partial charge in [0.25, 0.3) is 0 Å². The molecule has 2 rings (SSSR count). The van der Waals surface area contributed by atoms with Crippen molar-refractivity contribution >= 4 is 27.7 Å². The molecule has 1 N–H and O–H groups in total. The number of carbonyl (C=O) groups is 2. The van der Waals surface area contributed by atoms with E-state index >= 15 is 0 Å². The number of nitrogens with one attached hydrogen (secondary N) is 1. The van der Waals surface area contributed by atoms with Crippen LogP contribution in [0.2, 0.25) is 0 Å². The van der Waals surface area contributed by atoms with E-state index in [1.807, 2.05) is 24.3 Å². The number of hydrogen-bond donors (Lipinski definition) is 1. The molecule has 1 aliphatic heterocycles. The number of benzene rings is 1. The molecular weight excluding hydrogens is 308 g/mol. The van der Waals surface area contributed by atoms with Gasteiger partial charge in [-0.15, -0.1) is 0 Å². The smallest absolute Gasteiger partial charge is 0.241 e. The molecule has 4 nitrogen and oxygen atoms in total. The zero-order chi connectivity index (χ0) is 13.7. The molecule has 1 fully saturated rings. The number of carbonyl (C=O) groups excluding carboxylic acids is 2. The summed E-state index contributed by atoms with van der Waals surface area (Å²) in [6.45, 7) is 1.75. The Morgan fingerprint density at radius 1 is 1.16 bits per heavy atom. The molecular formula is C14H17BrN2O2. The lowest BCUT2D eigenvalue weighted by molar-refractivity contribution is -0.131. The second-order valence-corrected chi connectivity index (χ2v) is 5.58. The highest BCUT2D eigenvalue weighted by atomic mass is 79.9. The minimum absolute atomic E-state index is 0.0154. The van der Waals surface area contributed by atoms with Crippen LogP contribution in [0, 0.1) is 0 Å². The predicted octanol–water partition coefficient (Wildman–Crippen LogP) is 1.73. The number of halogens is 1. The molecule has 0 unspecified atom stereocenters. The maximum Gasteiger partial charge on any atom is 0.241 e. The van der Waals surface area contributed by atoms with E-state index < -0.39 is 0 Å². The van der Waals surface area contributed by atoms with Gasteiger partial charge in [0.1, 0.15) is 0 Å². The summed E-state index contributed by atoms with van der Waals surface area (Å²) in [5, 5.41) is 2.68. The Hall–Kier alpha value is -1.36. The molecule has 0 spiro atoms. The number of likely N-dealkylation sites (tertiary alicyclic amines) is 1. The zero-order valence-corrected chi connectivity index (χ0v) is 12.3. The van der Waals surface area contributed by atoms with Gasteiger partial charge in [0, 0.05) is 17.6 Å². The van der Waals surface area contributed by atoms with Crippen molar-refractivity contribution in [3.63, 3.8) is 0 Å². The molecule has 1 saturated heterocycles. The maximum atomic E-state index is 11.8. The lowest BCUT2D eigenvalue weighted by Gasteiger charge is -2.15. The third-order valence-electron chi connectivity index (χ3n) is 3.17. The van der Waals surface area contributed by atoms with Crippen LogP contribution >= 0.6 is 15.9 Å². The van der Waals surface area contributed by atoms with Gasteiger partial charge in [-0.1, -0.05) is 28.1 Å². The summed E-state index contributed by atoms with van der Waals surface area (Å²) in [6.07, 6.45) is 2.44. The molecule has 102 valence electrons. The normalized spacial score (nSPS) is 14.5. The van der Waals surface area contributed by atoms with Gasteiger partial charge in [-0.2, -0.15) is 0 Å². The van der Waals surface area contributed by atoms with E-state index in [1.165, 1.54) is 0 Å². The Bertz CT molecular complexity index is 453. The summed E-state index contributed by atoms with van der Waals surface area (Å²) in [4.78, 5) is 25.3. The van der Waals surface area contributed by atoms with Crippen molar-refractivity contribution in [2.45, 2.75) is 19.3 Å². The first-order valence-electron chi connectivity index (χ1n) is 6.44. The van der Waals surface area contributed by atoms with Crippen LogP contribution in [0.15, 0.2) is 28.7 Å². The predicted molar refractivity (Wildman–Crippen MR) is 76.7 cm³/mol. The Kier molecular flexibility index (Phi) is 4.96. The average Bonchev–Trinajstić information content (AvgIpc) is 2.93. The Balaban J connectivity index is 1.75. The highest BCUT2D eigenvalue weighted by molar-refractivity contribution is 9.10. The lowest BCUT2D eigenvalue weighted by atomic mass is 10.1. The fraction of sp³-hybridized carbons (Fsp3) is 0.429. The number of rotatable bonds is 4. The van der Waals surface area contributed by atoms with Crippen LogP contribution < -0.4 is 5.32 Å². The van der Waals surface area contributed by atoms with E-state index in [2.05, 4.69) is 21.2 Å². The zero-order valence-electron chi connectivity index (χ0n) is 10.7. The Morgan fingerprint density at radius 3 is 2.42 bits per heavy atom. The minimum atomic E-state index is -0.116. The highest BCUT2D eigenvalue weighted by Gasteiger charge is 2.17. The quantitative estimate of drug-likeness (QED) is 0.917. The molecule has 0 atom stereocenters. The molecule has 1 aromatic rings. The summed E-state index contributed by atoms with van der Waals surface area (Å²) in [5.41, 5.74) is 0.939. The van der Waals surface area contributed by atoms with Gasteiger partial charge < -0.3 is 10.2 Å². The van der Waals surface area contributed by atoms with Crippen molar-refractivity contribution in [2.75, 3.05) is 19.6 Å². The van der Waals surface area contributed by atoms with Crippen LogP contribution in [0.4, 0.5) is 0 Å². The van der Waals surface area contributed by atoms with E-state index in [4.69, 9.17) is 0 Å². The first-order valence-corrected chi connectivity index (χ1v) is 7.23. The van der Waals surface area contributed by atoms with Gasteiger partial charge in [0.05, 0.1) is 13.0 Å². The van der Waals surface area contributed by atoms with Crippen LogP contribution in [0.1, 0.15) is 18.4 Å². The summed E-state index contributed by atoms with van der Waals surface area (Å²) < 4.78 is 0.987. The molecule has 1 aliphatic rings.